The third kappa shape index (κ3) is 2.43. The summed E-state index contributed by atoms with van der Waals surface area (Å²) in [6, 6.07) is 1.74. The Morgan fingerprint density at radius 2 is 2.15 bits per heavy atom. The van der Waals surface area contributed by atoms with Crippen molar-refractivity contribution in [3.63, 3.8) is 0 Å². The number of hydrogen-bond acceptors (Lipinski definition) is 3. The highest BCUT2D eigenvalue weighted by molar-refractivity contribution is 5.72. The van der Waals surface area contributed by atoms with E-state index in [0.717, 1.165) is 12.1 Å². The van der Waals surface area contributed by atoms with Crippen molar-refractivity contribution in [1.82, 2.24) is 4.98 Å². The van der Waals surface area contributed by atoms with Crippen molar-refractivity contribution in [3.8, 4) is 5.88 Å². The molecule has 1 aromatic heterocycles. The van der Waals surface area contributed by atoms with Crippen molar-refractivity contribution in [2.75, 3.05) is 0 Å². The lowest BCUT2D eigenvalue weighted by Gasteiger charge is -2.02. The molecule has 0 unspecified atom stereocenters. The number of aldehydes is 1. The fourth-order valence-corrected chi connectivity index (χ4v) is 0.679. The molecule has 0 amide bonds. The van der Waals surface area contributed by atoms with Gasteiger partial charge < -0.3 is 4.74 Å². The van der Waals surface area contributed by atoms with E-state index in [4.69, 9.17) is 0 Å². The molecule has 0 aliphatic rings. The predicted octanol–water partition coefficient (Wildman–Crippen LogP) is 1.63. The van der Waals surface area contributed by atoms with Gasteiger partial charge in [0.1, 0.15) is 5.69 Å². The summed E-state index contributed by atoms with van der Waals surface area (Å²) >= 11 is 0. The molecule has 0 aromatic carbocycles. The van der Waals surface area contributed by atoms with E-state index < -0.39 is 24.0 Å². The van der Waals surface area contributed by atoms with Gasteiger partial charge in [0.05, 0.1) is 0 Å². The van der Waals surface area contributed by atoms with E-state index in [-0.39, 0.29) is 6.29 Å². The summed E-state index contributed by atoms with van der Waals surface area (Å²) in [7, 11) is 0. The highest BCUT2D eigenvalue weighted by Crippen LogP contribution is 2.12. The van der Waals surface area contributed by atoms with E-state index in [1.54, 1.807) is 0 Å². The number of carbonyl (C=O) groups excluding carboxylic acids is 1. The number of carbonyl (C=O) groups is 1. The quantitative estimate of drug-likeness (QED) is 0.681. The van der Waals surface area contributed by atoms with Crippen molar-refractivity contribution >= 4 is 6.29 Å². The van der Waals surface area contributed by atoms with Crippen LogP contribution in [0.2, 0.25) is 0 Å². The summed E-state index contributed by atoms with van der Waals surface area (Å²) in [4.78, 5) is 13.3. The molecule has 3 nitrogen and oxygen atoms in total. The molecular weight excluding hydrogens is 187 g/mol. The molecule has 13 heavy (non-hydrogen) atoms. The van der Waals surface area contributed by atoms with E-state index >= 15 is 0 Å². The Labute approximate surface area is 71.2 Å². The van der Waals surface area contributed by atoms with Gasteiger partial charge in [-0.2, -0.15) is 8.78 Å². The van der Waals surface area contributed by atoms with Crippen molar-refractivity contribution in [2.24, 2.45) is 0 Å². The second kappa shape index (κ2) is 3.88. The Morgan fingerprint density at radius 1 is 1.46 bits per heavy atom. The Hall–Kier alpha value is -1.59. The zero-order valence-corrected chi connectivity index (χ0v) is 6.21. The number of nitrogens with zero attached hydrogens (tertiary/aromatic N) is 1. The van der Waals surface area contributed by atoms with Crippen LogP contribution in [0.5, 0.6) is 5.88 Å². The molecular formula is C7H4F3NO2. The van der Waals surface area contributed by atoms with Crippen LogP contribution in [0.3, 0.4) is 0 Å². The third-order valence-corrected chi connectivity index (χ3v) is 1.17. The van der Waals surface area contributed by atoms with Crippen LogP contribution < -0.4 is 4.74 Å². The fourth-order valence-electron chi connectivity index (χ4n) is 0.679. The lowest BCUT2D eigenvalue weighted by atomic mass is 10.3. The summed E-state index contributed by atoms with van der Waals surface area (Å²) in [6.07, 6.45) is 0.119. The standard InChI is InChI=1S/C7H4F3NO2/c8-4-1-2-6(13-7(9)10)11-5(4)3-12/h1-3,7H. The van der Waals surface area contributed by atoms with Gasteiger partial charge in [-0.15, -0.1) is 0 Å². The Morgan fingerprint density at radius 3 is 2.69 bits per heavy atom. The maximum Gasteiger partial charge on any atom is 0.388 e. The lowest BCUT2D eigenvalue weighted by Crippen LogP contribution is -2.05. The van der Waals surface area contributed by atoms with Gasteiger partial charge in [-0.1, -0.05) is 0 Å². The molecule has 0 aliphatic heterocycles. The first-order valence-electron chi connectivity index (χ1n) is 3.20. The smallest absolute Gasteiger partial charge is 0.388 e. The highest BCUT2D eigenvalue weighted by Gasteiger charge is 2.08. The van der Waals surface area contributed by atoms with Gasteiger partial charge in [-0.25, -0.2) is 9.37 Å². The molecule has 1 heterocycles. The average molecular weight is 191 g/mol. The summed E-state index contributed by atoms with van der Waals surface area (Å²) in [5.41, 5.74) is -0.557. The molecule has 70 valence electrons. The number of rotatable bonds is 3. The van der Waals surface area contributed by atoms with Crippen molar-refractivity contribution in [2.45, 2.75) is 6.61 Å². The molecule has 0 atom stereocenters. The number of pyridine rings is 1. The van der Waals surface area contributed by atoms with Gasteiger partial charge in [0.15, 0.2) is 12.1 Å². The number of ether oxygens (including phenoxy) is 1. The maximum atomic E-state index is 12.6. The SMILES string of the molecule is O=Cc1nc(OC(F)F)ccc1F. The monoisotopic (exact) mass is 191 g/mol. The lowest BCUT2D eigenvalue weighted by molar-refractivity contribution is -0.0529. The van der Waals surface area contributed by atoms with Crippen LogP contribution in [0, 0.1) is 5.82 Å². The van der Waals surface area contributed by atoms with Gasteiger partial charge in [-0.05, 0) is 6.07 Å². The molecule has 0 radical (unpaired) electrons. The van der Waals surface area contributed by atoms with Crippen LogP contribution in [0.25, 0.3) is 0 Å². The number of aromatic nitrogens is 1. The van der Waals surface area contributed by atoms with E-state index in [0.29, 0.717) is 0 Å². The van der Waals surface area contributed by atoms with E-state index in [9.17, 15) is 18.0 Å². The topological polar surface area (TPSA) is 39.2 Å². The Kier molecular flexibility index (Phi) is 2.84. The molecule has 0 fully saturated rings. The minimum atomic E-state index is -3.04. The van der Waals surface area contributed by atoms with Crippen molar-refractivity contribution < 1.29 is 22.7 Å². The minimum Gasteiger partial charge on any atom is -0.417 e. The normalized spacial score (nSPS) is 10.2. The Balaban J connectivity index is 2.92. The molecule has 6 heteroatoms. The van der Waals surface area contributed by atoms with Gasteiger partial charge in [-0.3, -0.25) is 4.79 Å². The molecule has 1 rings (SSSR count). The third-order valence-electron chi connectivity index (χ3n) is 1.17. The molecule has 0 spiro atoms. The first kappa shape index (κ1) is 9.50. The molecule has 0 N–H and O–H groups in total. The first-order chi connectivity index (χ1) is 6.13. The number of hydrogen-bond donors (Lipinski definition) is 0. The number of halogens is 3. The van der Waals surface area contributed by atoms with E-state index in [1.807, 2.05) is 0 Å². The molecule has 0 saturated carbocycles. The predicted molar refractivity (Wildman–Crippen MR) is 36.2 cm³/mol. The number of alkyl halides is 2. The molecule has 1 aromatic rings. The Bertz CT molecular complexity index is 317. The molecule has 0 saturated heterocycles. The van der Waals surface area contributed by atoms with E-state index in [2.05, 4.69) is 9.72 Å². The van der Waals surface area contributed by atoms with Crippen LogP contribution in [0.1, 0.15) is 10.5 Å². The van der Waals surface area contributed by atoms with Gasteiger partial charge in [0.2, 0.25) is 5.88 Å². The summed E-state index contributed by atoms with van der Waals surface area (Å²) < 4.78 is 39.6. The largest absolute Gasteiger partial charge is 0.417 e. The molecule has 0 bridgehead atoms. The summed E-state index contributed by atoms with van der Waals surface area (Å²) in [6.45, 7) is -3.04. The minimum absolute atomic E-state index is 0.119. The van der Waals surface area contributed by atoms with Crippen LogP contribution in [-0.2, 0) is 0 Å². The highest BCUT2D eigenvalue weighted by atomic mass is 19.3. The second-order valence-electron chi connectivity index (χ2n) is 2.01. The van der Waals surface area contributed by atoms with Crippen molar-refractivity contribution in [1.29, 1.82) is 0 Å². The van der Waals surface area contributed by atoms with Gasteiger partial charge in [0.25, 0.3) is 0 Å². The van der Waals surface area contributed by atoms with Gasteiger partial charge in [0, 0.05) is 6.07 Å². The van der Waals surface area contributed by atoms with Crippen LogP contribution in [0.4, 0.5) is 13.2 Å². The van der Waals surface area contributed by atoms with Crippen LogP contribution in [-0.4, -0.2) is 17.9 Å². The van der Waals surface area contributed by atoms with Crippen LogP contribution in [0.15, 0.2) is 12.1 Å². The second-order valence-corrected chi connectivity index (χ2v) is 2.01. The molecule has 0 aliphatic carbocycles. The fraction of sp³-hybridized carbons (Fsp3) is 0.143. The average Bonchev–Trinajstić information content (AvgIpc) is 2.07. The first-order valence-corrected chi connectivity index (χ1v) is 3.20. The van der Waals surface area contributed by atoms with Crippen molar-refractivity contribution in [3.05, 3.63) is 23.6 Å². The summed E-state index contributed by atoms with van der Waals surface area (Å²) in [5, 5.41) is 0. The van der Waals surface area contributed by atoms with Gasteiger partial charge >= 0.3 is 6.61 Å². The maximum absolute atomic E-state index is 12.6. The van der Waals surface area contributed by atoms with Crippen LogP contribution >= 0.6 is 0 Å². The zero-order valence-electron chi connectivity index (χ0n) is 6.21. The summed E-state index contributed by atoms with van der Waals surface area (Å²) in [5.74, 6) is -1.37. The zero-order chi connectivity index (χ0) is 9.84. The van der Waals surface area contributed by atoms with E-state index in [1.165, 1.54) is 0 Å².